The molecule has 3 rings (SSSR count). The van der Waals surface area contributed by atoms with E-state index in [1.54, 1.807) is 12.1 Å². The highest BCUT2D eigenvalue weighted by Crippen LogP contribution is 2.25. The fraction of sp³-hybridized carbons (Fsp3) is 0.222. The Kier molecular flexibility index (Phi) is 4.83. The normalized spacial score (nSPS) is 16.7. The van der Waals surface area contributed by atoms with Gasteiger partial charge < -0.3 is 4.90 Å². The lowest BCUT2D eigenvalue weighted by Gasteiger charge is -2.17. The third kappa shape index (κ3) is 3.49. The number of carbonyl (C=O) groups is 2. The molecule has 1 saturated heterocycles. The van der Waals surface area contributed by atoms with Crippen LogP contribution in [0.2, 0.25) is 0 Å². The minimum Gasteiger partial charge on any atom is -0.312 e. The molecule has 2 N–H and O–H groups in total. The van der Waals surface area contributed by atoms with Gasteiger partial charge in [-0.25, -0.2) is 13.2 Å². The Labute approximate surface area is 147 Å². The van der Waals surface area contributed by atoms with Gasteiger partial charge in [-0.2, -0.15) is 0 Å². The topological polar surface area (TPSA) is 61.4 Å². The maximum Gasteiger partial charge on any atom is 0.243 e. The number of benzene rings is 2. The summed E-state index contributed by atoms with van der Waals surface area (Å²) in [4.78, 5) is 25.9. The summed E-state index contributed by atoms with van der Waals surface area (Å²) in [6.45, 7) is 2.10. The Morgan fingerprint density at radius 2 is 1.77 bits per heavy atom. The first-order chi connectivity index (χ1) is 12.4. The Hall–Kier alpha value is -3.03. The number of nitrogens with zero attached hydrogens (tertiary/aromatic N) is 1. The Bertz CT molecular complexity index is 856. The van der Waals surface area contributed by atoms with Crippen molar-refractivity contribution in [3.63, 3.8) is 0 Å². The predicted octanol–water partition coefficient (Wildman–Crippen LogP) is 2.91. The number of hydrazine groups is 1. The smallest absolute Gasteiger partial charge is 0.243 e. The van der Waals surface area contributed by atoms with Gasteiger partial charge in [0.25, 0.3) is 0 Å². The third-order valence-corrected chi connectivity index (χ3v) is 4.20. The summed E-state index contributed by atoms with van der Waals surface area (Å²) in [6, 6.07) is 9.02. The lowest BCUT2D eigenvalue weighted by molar-refractivity contribution is -0.125. The number of hydrogen-bond acceptors (Lipinski definition) is 3. The van der Waals surface area contributed by atoms with Gasteiger partial charge in [-0.15, -0.1) is 0 Å². The van der Waals surface area contributed by atoms with Gasteiger partial charge >= 0.3 is 0 Å². The van der Waals surface area contributed by atoms with E-state index in [0.29, 0.717) is 5.69 Å². The van der Waals surface area contributed by atoms with Gasteiger partial charge in [0.2, 0.25) is 11.8 Å². The summed E-state index contributed by atoms with van der Waals surface area (Å²) in [7, 11) is 0. The van der Waals surface area contributed by atoms with Crippen LogP contribution >= 0.6 is 0 Å². The first kappa shape index (κ1) is 17.8. The Morgan fingerprint density at radius 1 is 1.08 bits per heavy atom. The van der Waals surface area contributed by atoms with Crippen LogP contribution in [0.25, 0.3) is 0 Å². The zero-order valence-electron chi connectivity index (χ0n) is 13.9. The molecule has 2 aromatic carbocycles. The van der Waals surface area contributed by atoms with Crippen LogP contribution in [0.3, 0.4) is 0 Å². The molecule has 5 nitrogen and oxygen atoms in total. The number of halogens is 3. The quantitative estimate of drug-likeness (QED) is 0.649. The van der Waals surface area contributed by atoms with Crippen molar-refractivity contribution in [2.45, 2.75) is 13.3 Å². The third-order valence-electron chi connectivity index (χ3n) is 4.20. The average molecular weight is 363 g/mol. The molecule has 0 bridgehead atoms. The molecule has 0 spiro atoms. The molecule has 2 amide bonds. The van der Waals surface area contributed by atoms with Gasteiger partial charge in [-0.05, 0) is 31.2 Å². The molecule has 0 aliphatic carbocycles. The number of carbonyl (C=O) groups excluding carboxylic acids is 2. The van der Waals surface area contributed by atoms with Gasteiger partial charge in [0, 0.05) is 18.7 Å². The van der Waals surface area contributed by atoms with Crippen molar-refractivity contribution >= 4 is 23.2 Å². The molecule has 136 valence electrons. The second-order valence-corrected chi connectivity index (χ2v) is 6.08. The van der Waals surface area contributed by atoms with Gasteiger partial charge in [0.15, 0.2) is 17.5 Å². The number of nitrogens with one attached hydrogen (secondary N) is 2. The average Bonchev–Trinajstić information content (AvgIpc) is 3.01. The van der Waals surface area contributed by atoms with Crippen molar-refractivity contribution in [2.75, 3.05) is 16.9 Å². The van der Waals surface area contributed by atoms with E-state index in [9.17, 15) is 22.8 Å². The largest absolute Gasteiger partial charge is 0.312 e. The van der Waals surface area contributed by atoms with Crippen molar-refractivity contribution in [1.82, 2.24) is 5.43 Å². The van der Waals surface area contributed by atoms with E-state index in [-0.39, 0.29) is 18.9 Å². The lowest BCUT2D eigenvalue weighted by Crippen LogP contribution is -2.36. The minimum absolute atomic E-state index is 0.00164. The summed E-state index contributed by atoms with van der Waals surface area (Å²) in [5.74, 6) is -5.79. The summed E-state index contributed by atoms with van der Waals surface area (Å²) in [5, 5.41) is 0. The maximum absolute atomic E-state index is 13.6. The molecule has 0 saturated carbocycles. The van der Waals surface area contributed by atoms with Crippen molar-refractivity contribution in [2.24, 2.45) is 5.92 Å². The van der Waals surface area contributed by atoms with E-state index in [1.807, 2.05) is 19.1 Å². The highest BCUT2D eigenvalue weighted by Gasteiger charge is 2.35. The van der Waals surface area contributed by atoms with Crippen LogP contribution in [0.4, 0.5) is 24.5 Å². The van der Waals surface area contributed by atoms with Gasteiger partial charge in [0.05, 0.1) is 11.6 Å². The molecule has 2 aromatic rings. The molecule has 26 heavy (non-hydrogen) atoms. The molecular weight excluding hydrogens is 347 g/mol. The van der Waals surface area contributed by atoms with Gasteiger partial charge in [-0.1, -0.05) is 17.7 Å². The van der Waals surface area contributed by atoms with E-state index >= 15 is 0 Å². The fourth-order valence-corrected chi connectivity index (χ4v) is 2.71. The maximum atomic E-state index is 13.6. The SMILES string of the molecule is Cc1ccc(N2C[C@@H](C(=O)NNc3ccc(F)c(F)c3F)CC2=O)cc1. The van der Waals surface area contributed by atoms with E-state index < -0.39 is 35.0 Å². The fourth-order valence-electron chi connectivity index (χ4n) is 2.71. The summed E-state index contributed by atoms with van der Waals surface area (Å²) in [6.07, 6.45) is 0.00164. The summed E-state index contributed by atoms with van der Waals surface area (Å²) < 4.78 is 39.7. The first-order valence-corrected chi connectivity index (χ1v) is 7.93. The molecule has 0 unspecified atom stereocenters. The second kappa shape index (κ2) is 7.07. The van der Waals surface area contributed by atoms with Crippen LogP contribution in [0.5, 0.6) is 0 Å². The molecule has 8 heteroatoms. The van der Waals surface area contributed by atoms with Crippen molar-refractivity contribution < 1.29 is 22.8 Å². The molecule has 0 aromatic heterocycles. The highest BCUT2D eigenvalue weighted by molar-refractivity contribution is 6.00. The van der Waals surface area contributed by atoms with E-state index in [1.165, 1.54) is 4.90 Å². The van der Waals surface area contributed by atoms with E-state index in [0.717, 1.165) is 17.7 Å². The molecule has 1 aliphatic heterocycles. The van der Waals surface area contributed by atoms with Gasteiger partial charge in [0.1, 0.15) is 0 Å². The molecular formula is C18H16F3N3O2. The summed E-state index contributed by atoms with van der Waals surface area (Å²) in [5.41, 5.74) is 5.79. The first-order valence-electron chi connectivity index (χ1n) is 7.93. The number of anilines is 2. The number of amides is 2. The van der Waals surface area contributed by atoms with Crippen molar-refractivity contribution in [3.05, 3.63) is 59.4 Å². The van der Waals surface area contributed by atoms with Crippen LogP contribution in [-0.4, -0.2) is 18.4 Å². The number of aryl methyl sites for hydroxylation is 1. The molecule has 0 radical (unpaired) electrons. The van der Waals surface area contributed by atoms with Crippen LogP contribution in [0, 0.1) is 30.3 Å². The van der Waals surface area contributed by atoms with E-state index in [4.69, 9.17) is 0 Å². The summed E-state index contributed by atoms with van der Waals surface area (Å²) >= 11 is 0. The molecule has 1 atom stereocenters. The monoisotopic (exact) mass is 363 g/mol. The zero-order chi connectivity index (χ0) is 18.8. The Morgan fingerprint density at radius 3 is 2.46 bits per heavy atom. The highest BCUT2D eigenvalue weighted by atomic mass is 19.2. The molecule has 1 fully saturated rings. The van der Waals surface area contributed by atoms with Gasteiger partial charge in [-0.3, -0.25) is 20.4 Å². The van der Waals surface area contributed by atoms with Crippen LogP contribution in [0.15, 0.2) is 36.4 Å². The molecule has 1 heterocycles. The molecule has 1 aliphatic rings. The van der Waals surface area contributed by atoms with E-state index in [2.05, 4.69) is 10.9 Å². The minimum atomic E-state index is -1.63. The predicted molar refractivity (Wildman–Crippen MR) is 89.7 cm³/mol. The lowest BCUT2D eigenvalue weighted by atomic mass is 10.1. The van der Waals surface area contributed by atoms with Crippen LogP contribution in [-0.2, 0) is 9.59 Å². The van der Waals surface area contributed by atoms with Crippen LogP contribution in [0.1, 0.15) is 12.0 Å². The van der Waals surface area contributed by atoms with Crippen molar-refractivity contribution in [3.8, 4) is 0 Å². The second-order valence-electron chi connectivity index (χ2n) is 6.08. The van der Waals surface area contributed by atoms with Crippen LogP contribution < -0.4 is 15.8 Å². The number of hydrogen-bond donors (Lipinski definition) is 2. The van der Waals surface area contributed by atoms with Crippen molar-refractivity contribution in [1.29, 1.82) is 0 Å². The Balaban J connectivity index is 1.63. The zero-order valence-corrected chi connectivity index (χ0v) is 13.9. The standard InChI is InChI=1S/C18H16F3N3O2/c1-10-2-4-12(5-3-10)24-9-11(8-15(24)25)18(26)23-22-14-7-6-13(19)16(20)17(14)21/h2-7,11,22H,8-9H2,1H3,(H,23,26)/t11-/m0/s1. The number of rotatable bonds is 4.